The number of hydrogen-bond donors (Lipinski definition) is 4. The first kappa shape index (κ1) is 28.6. The van der Waals surface area contributed by atoms with Gasteiger partial charge in [-0.15, -0.1) is 0 Å². The molecule has 0 aromatic rings. The van der Waals surface area contributed by atoms with Crippen molar-refractivity contribution in [2.24, 2.45) is 23.7 Å². The molecule has 174 valence electrons. The fourth-order valence-corrected chi connectivity index (χ4v) is 4.52. The van der Waals surface area contributed by atoms with Crippen LogP contribution in [0.15, 0.2) is 23.8 Å². The molecule has 1 unspecified atom stereocenters. The molecule has 8 heteroatoms. The second-order valence-corrected chi connectivity index (χ2v) is 8.88. The SMILES string of the molecule is CC[C@H](C)C(=O)O[C@H]1C[C@H](O)C=C2C=C[C@H](C)[C@H](CC[C@@H](O)CC(O)CC(=O)O)[C@H]21.[Ca+2].[H-].[H-]. The molecule has 0 radical (unpaired) electrons. The minimum atomic E-state index is -1.10. The van der Waals surface area contributed by atoms with Gasteiger partial charge in [0.25, 0.3) is 0 Å². The molecule has 0 saturated carbocycles. The fourth-order valence-electron chi connectivity index (χ4n) is 4.52. The van der Waals surface area contributed by atoms with Crippen LogP contribution in [0.25, 0.3) is 0 Å². The minimum absolute atomic E-state index is 0. The van der Waals surface area contributed by atoms with E-state index in [1.165, 1.54) is 0 Å². The van der Waals surface area contributed by atoms with Gasteiger partial charge in [-0.2, -0.15) is 0 Å². The van der Waals surface area contributed by atoms with E-state index in [-0.39, 0.29) is 83.1 Å². The van der Waals surface area contributed by atoms with Gasteiger partial charge in [0, 0.05) is 12.3 Å². The summed E-state index contributed by atoms with van der Waals surface area (Å²) in [6.07, 6.45) is 4.64. The van der Waals surface area contributed by atoms with Gasteiger partial charge >= 0.3 is 49.7 Å². The molecule has 4 N–H and O–H groups in total. The van der Waals surface area contributed by atoms with Crippen molar-refractivity contribution in [1.82, 2.24) is 0 Å². The minimum Gasteiger partial charge on any atom is -1.00 e. The molecule has 0 bridgehead atoms. The molecule has 2 rings (SSSR count). The van der Waals surface area contributed by atoms with Crippen LogP contribution in [0.1, 0.15) is 62.1 Å². The monoisotopic (exact) mass is 466 g/mol. The van der Waals surface area contributed by atoms with Gasteiger partial charge < -0.3 is 28.0 Å². The topological polar surface area (TPSA) is 124 Å². The third-order valence-corrected chi connectivity index (χ3v) is 6.44. The Bertz CT molecular complexity index is 673. The van der Waals surface area contributed by atoms with Crippen molar-refractivity contribution in [2.75, 3.05) is 0 Å². The summed E-state index contributed by atoms with van der Waals surface area (Å²) in [5.41, 5.74) is 0.958. The first-order valence-corrected chi connectivity index (χ1v) is 11.0. The number of carbonyl (C=O) groups is 2. The Morgan fingerprint density at radius 1 is 1.29 bits per heavy atom. The van der Waals surface area contributed by atoms with Crippen LogP contribution in [0.5, 0.6) is 0 Å². The number of aliphatic hydroxyl groups excluding tert-OH is 3. The molecular weight excluding hydrogens is 428 g/mol. The molecule has 31 heavy (non-hydrogen) atoms. The summed E-state index contributed by atoms with van der Waals surface area (Å²) in [6, 6.07) is 0. The van der Waals surface area contributed by atoms with Gasteiger partial charge in [0.15, 0.2) is 0 Å². The third kappa shape index (κ3) is 8.45. The Labute approximate surface area is 217 Å². The van der Waals surface area contributed by atoms with Crippen LogP contribution in [-0.4, -0.2) is 94.5 Å². The normalized spacial score (nSPS) is 30.3. The molecule has 0 fully saturated rings. The molecule has 0 amide bonds. The summed E-state index contributed by atoms with van der Waals surface area (Å²) in [7, 11) is 0. The fraction of sp³-hybridized carbons (Fsp3) is 0.739. The van der Waals surface area contributed by atoms with Crippen molar-refractivity contribution in [1.29, 1.82) is 0 Å². The maximum Gasteiger partial charge on any atom is 2.00 e. The van der Waals surface area contributed by atoms with E-state index < -0.39 is 30.4 Å². The number of aliphatic carboxylic acids is 1. The van der Waals surface area contributed by atoms with Gasteiger partial charge in [-0.05, 0) is 43.1 Å². The van der Waals surface area contributed by atoms with E-state index in [1.807, 2.05) is 26.0 Å². The molecule has 0 aromatic carbocycles. The molecule has 0 spiro atoms. The number of carbonyl (C=O) groups excluding carboxylic acids is 1. The Balaban J connectivity index is 0. The summed E-state index contributed by atoms with van der Waals surface area (Å²) in [5.74, 6) is -1.31. The van der Waals surface area contributed by atoms with Gasteiger partial charge in [-0.3, -0.25) is 9.59 Å². The largest absolute Gasteiger partial charge is 2.00 e. The Morgan fingerprint density at radius 2 is 1.97 bits per heavy atom. The average Bonchev–Trinajstić information content (AvgIpc) is 2.65. The van der Waals surface area contributed by atoms with E-state index in [2.05, 4.69) is 13.0 Å². The van der Waals surface area contributed by atoms with Crippen molar-refractivity contribution < 1.29 is 37.6 Å². The van der Waals surface area contributed by atoms with Crippen molar-refractivity contribution in [2.45, 2.75) is 83.7 Å². The van der Waals surface area contributed by atoms with Crippen molar-refractivity contribution >= 4 is 49.7 Å². The summed E-state index contributed by atoms with van der Waals surface area (Å²) in [4.78, 5) is 23.1. The van der Waals surface area contributed by atoms with Crippen LogP contribution in [0, 0.1) is 23.7 Å². The maximum absolute atomic E-state index is 12.4. The summed E-state index contributed by atoms with van der Waals surface area (Å²) >= 11 is 0. The molecule has 0 saturated heterocycles. The van der Waals surface area contributed by atoms with Crippen LogP contribution < -0.4 is 0 Å². The molecule has 0 heterocycles. The number of allylic oxidation sites excluding steroid dienone is 2. The first-order chi connectivity index (χ1) is 14.1. The van der Waals surface area contributed by atoms with Crippen molar-refractivity contribution in [3.05, 3.63) is 23.8 Å². The van der Waals surface area contributed by atoms with Crippen LogP contribution in [0.2, 0.25) is 0 Å². The predicted molar refractivity (Wildman–Crippen MR) is 119 cm³/mol. The molecule has 8 atom stereocenters. The van der Waals surface area contributed by atoms with Gasteiger partial charge in [-0.25, -0.2) is 0 Å². The zero-order valence-electron chi connectivity index (χ0n) is 20.8. The summed E-state index contributed by atoms with van der Waals surface area (Å²) in [5, 5.41) is 39.1. The Hall–Kier alpha value is -0.440. The number of carboxylic acid groups (broad SMARTS) is 1. The van der Waals surface area contributed by atoms with Gasteiger partial charge in [0.1, 0.15) is 6.10 Å². The van der Waals surface area contributed by atoms with E-state index in [0.717, 1.165) is 5.57 Å². The molecule has 0 aliphatic heterocycles. The quantitative estimate of drug-likeness (QED) is 0.288. The van der Waals surface area contributed by atoms with Gasteiger partial charge in [0.2, 0.25) is 0 Å². The van der Waals surface area contributed by atoms with Crippen LogP contribution in [-0.2, 0) is 14.3 Å². The number of ether oxygens (including phenoxy) is 1. The maximum atomic E-state index is 12.4. The van der Waals surface area contributed by atoms with Crippen LogP contribution in [0.3, 0.4) is 0 Å². The van der Waals surface area contributed by atoms with E-state index >= 15 is 0 Å². The number of esters is 1. The van der Waals surface area contributed by atoms with Gasteiger partial charge in [-0.1, -0.05) is 39.0 Å². The zero-order valence-corrected chi connectivity index (χ0v) is 21.0. The molecular formula is C23H38CaO7. The number of hydrogen-bond acceptors (Lipinski definition) is 6. The van der Waals surface area contributed by atoms with E-state index in [0.29, 0.717) is 25.7 Å². The molecule has 7 nitrogen and oxygen atoms in total. The number of aliphatic hydroxyl groups is 3. The van der Waals surface area contributed by atoms with E-state index in [9.17, 15) is 24.9 Å². The summed E-state index contributed by atoms with van der Waals surface area (Å²) < 4.78 is 5.84. The van der Waals surface area contributed by atoms with Crippen molar-refractivity contribution in [3.63, 3.8) is 0 Å². The predicted octanol–water partition coefficient (Wildman–Crippen LogP) is 2.28. The standard InChI is InChI=1S/C23H36O7.Ca.2H/c1-4-13(2)23(29)30-20-11-17(25)9-15-6-5-14(3)19(22(15)20)8-7-16(24)10-18(26)12-21(27)28;;;/h5-6,9,13-14,16-20,22,24-26H,4,7-8,10-12H2,1-3H3,(H,27,28);;;/q;+2;2*-1/t13-,14-,16+,17+,18?,19-,20-,22-;;;/m0.../s1. The number of fused-ring (bicyclic) bond motifs is 1. The Morgan fingerprint density at radius 3 is 2.58 bits per heavy atom. The van der Waals surface area contributed by atoms with Crippen molar-refractivity contribution in [3.8, 4) is 0 Å². The third-order valence-electron chi connectivity index (χ3n) is 6.44. The summed E-state index contributed by atoms with van der Waals surface area (Å²) in [6.45, 7) is 5.85. The van der Waals surface area contributed by atoms with E-state index in [1.54, 1.807) is 0 Å². The van der Waals surface area contributed by atoms with Gasteiger partial charge in [0.05, 0.1) is 30.7 Å². The second kappa shape index (κ2) is 13.3. The average molecular weight is 467 g/mol. The molecule has 0 aromatic heterocycles. The number of rotatable bonds is 10. The smallest absolute Gasteiger partial charge is 1.00 e. The molecule has 2 aliphatic rings. The first-order valence-electron chi connectivity index (χ1n) is 11.0. The van der Waals surface area contributed by atoms with E-state index in [4.69, 9.17) is 9.84 Å². The zero-order chi connectivity index (χ0) is 22.4. The van der Waals surface area contributed by atoms with Crippen LogP contribution in [0.4, 0.5) is 0 Å². The Kier molecular flexibility index (Phi) is 12.3. The second-order valence-electron chi connectivity index (χ2n) is 8.88. The molecule has 2 aliphatic carbocycles. The van der Waals surface area contributed by atoms with Crippen LogP contribution >= 0.6 is 0 Å². The number of carboxylic acids is 1.